The molecule has 0 heteroatoms. The third-order valence-electron chi connectivity index (χ3n) is 3.51. The van der Waals surface area contributed by atoms with Gasteiger partial charge in [0.25, 0.3) is 0 Å². The molecule has 1 unspecified atom stereocenters. The Morgan fingerprint density at radius 3 is 2.85 bits per heavy atom. The van der Waals surface area contributed by atoms with E-state index in [1.54, 1.807) is 5.57 Å². The molecule has 0 aromatic rings. The molecule has 0 fully saturated rings. The zero-order chi connectivity index (χ0) is 9.31. The van der Waals surface area contributed by atoms with Crippen molar-refractivity contribution in [1.82, 2.24) is 0 Å². The van der Waals surface area contributed by atoms with Crippen LogP contribution >= 0.6 is 0 Å². The van der Waals surface area contributed by atoms with Gasteiger partial charge in [-0.1, -0.05) is 44.2 Å². The van der Waals surface area contributed by atoms with Gasteiger partial charge in [0, 0.05) is 5.41 Å². The Hall–Kier alpha value is -0.780. The second kappa shape index (κ2) is 3.17. The molecule has 0 aromatic carbocycles. The fourth-order valence-corrected chi connectivity index (χ4v) is 2.59. The van der Waals surface area contributed by atoms with Crippen molar-refractivity contribution in [2.45, 2.75) is 33.1 Å². The molecular formula is C13H18. The van der Waals surface area contributed by atoms with Gasteiger partial charge in [-0.25, -0.2) is 0 Å². The van der Waals surface area contributed by atoms with E-state index in [-0.39, 0.29) is 0 Å². The summed E-state index contributed by atoms with van der Waals surface area (Å²) in [6, 6.07) is 0. The highest BCUT2D eigenvalue weighted by Gasteiger charge is 2.35. The molecule has 0 aliphatic heterocycles. The standard InChI is InChI=1S/C13H18/c1-11(2)13-9-5-3-7-12(13)8-4-6-10-13/h3,5,7-9,11H,4,6,10H2,1-2H3. The van der Waals surface area contributed by atoms with Crippen LogP contribution in [0.2, 0.25) is 0 Å². The monoisotopic (exact) mass is 174 g/mol. The Morgan fingerprint density at radius 2 is 2.15 bits per heavy atom. The van der Waals surface area contributed by atoms with Gasteiger partial charge in [0.05, 0.1) is 0 Å². The van der Waals surface area contributed by atoms with Crippen LogP contribution in [0, 0.1) is 11.3 Å². The lowest BCUT2D eigenvalue weighted by Gasteiger charge is -2.40. The van der Waals surface area contributed by atoms with Crippen LogP contribution in [0.25, 0.3) is 0 Å². The van der Waals surface area contributed by atoms with Gasteiger partial charge < -0.3 is 0 Å². The quantitative estimate of drug-likeness (QED) is 0.566. The van der Waals surface area contributed by atoms with Gasteiger partial charge in [0.2, 0.25) is 0 Å². The van der Waals surface area contributed by atoms with Crippen molar-refractivity contribution in [3.8, 4) is 0 Å². The average molecular weight is 174 g/mol. The summed E-state index contributed by atoms with van der Waals surface area (Å²) < 4.78 is 0. The summed E-state index contributed by atoms with van der Waals surface area (Å²) in [4.78, 5) is 0. The van der Waals surface area contributed by atoms with Crippen molar-refractivity contribution in [1.29, 1.82) is 0 Å². The fraction of sp³-hybridized carbons (Fsp3) is 0.538. The first kappa shape index (κ1) is 8.80. The molecule has 0 N–H and O–H groups in total. The summed E-state index contributed by atoms with van der Waals surface area (Å²) >= 11 is 0. The lowest BCUT2D eigenvalue weighted by Crippen LogP contribution is -2.29. The molecular weight excluding hydrogens is 156 g/mol. The van der Waals surface area contributed by atoms with E-state index < -0.39 is 0 Å². The fourth-order valence-electron chi connectivity index (χ4n) is 2.59. The van der Waals surface area contributed by atoms with Gasteiger partial charge in [-0.2, -0.15) is 0 Å². The van der Waals surface area contributed by atoms with E-state index in [9.17, 15) is 0 Å². The minimum atomic E-state index is 0.368. The van der Waals surface area contributed by atoms with Gasteiger partial charge in [0.1, 0.15) is 0 Å². The first-order valence-corrected chi connectivity index (χ1v) is 5.32. The van der Waals surface area contributed by atoms with E-state index in [0.717, 1.165) is 5.92 Å². The number of fused-ring (bicyclic) bond motifs is 1. The predicted octanol–water partition coefficient (Wildman–Crippen LogP) is 3.87. The molecule has 0 heterocycles. The van der Waals surface area contributed by atoms with Crippen LogP contribution in [0.15, 0.2) is 36.0 Å². The maximum absolute atomic E-state index is 2.42. The van der Waals surface area contributed by atoms with Gasteiger partial charge in [-0.3, -0.25) is 0 Å². The highest BCUT2D eigenvalue weighted by atomic mass is 14.4. The normalized spacial score (nSPS) is 31.8. The summed E-state index contributed by atoms with van der Waals surface area (Å²) in [5.41, 5.74) is 1.92. The Kier molecular flexibility index (Phi) is 2.15. The van der Waals surface area contributed by atoms with Crippen molar-refractivity contribution in [3.63, 3.8) is 0 Å². The zero-order valence-electron chi connectivity index (χ0n) is 8.59. The molecule has 0 bridgehead atoms. The first-order valence-electron chi connectivity index (χ1n) is 5.32. The van der Waals surface area contributed by atoms with Crippen molar-refractivity contribution in [3.05, 3.63) is 36.0 Å². The highest BCUT2D eigenvalue weighted by Crippen LogP contribution is 2.47. The zero-order valence-corrected chi connectivity index (χ0v) is 8.59. The molecule has 1 atom stereocenters. The van der Waals surface area contributed by atoms with Crippen LogP contribution in [0.5, 0.6) is 0 Å². The molecule has 2 aliphatic carbocycles. The van der Waals surface area contributed by atoms with Gasteiger partial charge >= 0.3 is 0 Å². The van der Waals surface area contributed by atoms with Crippen molar-refractivity contribution >= 4 is 0 Å². The molecule has 0 saturated heterocycles. The smallest absolute Gasteiger partial charge is 0.0155 e. The Bertz CT molecular complexity index is 278. The maximum atomic E-state index is 2.42. The van der Waals surface area contributed by atoms with E-state index in [2.05, 4.69) is 44.2 Å². The van der Waals surface area contributed by atoms with Gasteiger partial charge in [-0.15, -0.1) is 0 Å². The Morgan fingerprint density at radius 1 is 1.31 bits per heavy atom. The highest BCUT2D eigenvalue weighted by molar-refractivity contribution is 5.40. The average Bonchev–Trinajstić information content (AvgIpc) is 2.17. The second-order valence-electron chi connectivity index (χ2n) is 4.46. The maximum Gasteiger partial charge on any atom is 0.0155 e. The molecule has 70 valence electrons. The molecule has 2 rings (SSSR count). The summed E-state index contributed by atoms with van der Waals surface area (Å²) in [6.45, 7) is 4.67. The number of rotatable bonds is 1. The summed E-state index contributed by atoms with van der Waals surface area (Å²) in [7, 11) is 0. The summed E-state index contributed by atoms with van der Waals surface area (Å²) in [6.07, 6.45) is 15.4. The summed E-state index contributed by atoms with van der Waals surface area (Å²) in [5, 5.41) is 0. The molecule has 0 amide bonds. The third-order valence-corrected chi connectivity index (χ3v) is 3.51. The van der Waals surface area contributed by atoms with Crippen molar-refractivity contribution in [2.24, 2.45) is 11.3 Å². The molecule has 0 saturated carbocycles. The van der Waals surface area contributed by atoms with Gasteiger partial charge in [0.15, 0.2) is 0 Å². The third kappa shape index (κ3) is 1.29. The minimum Gasteiger partial charge on any atom is -0.0804 e. The SMILES string of the molecule is CC(C)C12C=CC=CC1=CCCC2. The predicted molar refractivity (Wildman–Crippen MR) is 57.5 cm³/mol. The molecule has 13 heavy (non-hydrogen) atoms. The van der Waals surface area contributed by atoms with Crippen LogP contribution in [0.1, 0.15) is 33.1 Å². The summed E-state index contributed by atoms with van der Waals surface area (Å²) in [5.74, 6) is 0.722. The van der Waals surface area contributed by atoms with Crippen molar-refractivity contribution < 1.29 is 0 Å². The molecule has 2 aliphatic rings. The Labute approximate surface area is 81.0 Å². The first-order chi connectivity index (χ1) is 6.26. The molecule has 0 radical (unpaired) electrons. The van der Waals surface area contributed by atoms with E-state index in [4.69, 9.17) is 0 Å². The lowest BCUT2D eigenvalue weighted by molar-refractivity contribution is 0.286. The molecule has 0 nitrogen and oxygen atoms in total. The molecule has 0 spiro atoms. The largest absolute Gasteiger partial charge is 0.0804 e. The van der Waals surface area contributed by atoms with Crippen LogP contribution in [-0.2, 0) is 0 Å². The van der Waals surface area contributed by atoms with Crippen LogP contribution in [0.3, 0.4) is 0 Å². The van der Waals surface area contributed by atoms with Crippen LogP contribution in [-0.4, -0.2) is 0 Å². The van der Waals surface area contributed by atoms with Crippen molar-refractivity contribution in [2.75, 3.05) is 0 Å². The second-order valence-corrected chi connectivity index (χ2v) is 4.46. The van der Waals surface area contributed by atoms with E-state index >= 15 is 0 Å². The molecule has 0 aromatic heterocycles. The number of hydrogen-bond acceptors (Lipinski definition) is 0. The lowest BCUT2D eigenvalue weighted by atomic mass is 9.64. The Balaban J connectivity index is 2.42. The van der Waals surface area contributed by atoms with Gasteiger partial charge in [-0.05, 0) is 30.8 Å². The van der Waals surface area contributed by atoms with E-state index in [1.807, 2.05) is 0 Å². The van der Waals surface area contributed by atoms with Crippen LogP contribution in [0.4, 0.5) is 0 Å². The minimum absolute atomic E-state index is 0.368. The van der Waals surface area contributed by atoms with E-state index in [1.165, 1.54) is 19.3 Å². The topological polar surface area (TPSA) is 0 Å². The number of allylic oxidation sites excluding steroid dienone is 6. The number of hydrogen-bond donors (Lipinski definition) is 0. The van der Waals surface area contributed by atoms with Crippen LogP contribution < -0.4 is 0 Å². The van der Waals surface area contributed by atoms with E-state index in [0.29, 0.717) is 5.41 Å².